The highest BCUT2D eigenvalue weighted by molar-refractivity contribution is 7.91. The third-order valence-corrected chi connectivity index (χ3v) is 8.89. The molecule has 3 fully saturated rings. The second-order valence-electron chi connectivity index (χ2n) is 9.62. The first-order chi connectivity index (χ1) is 16.0. The maximum absolute atomic E-state index is 11.9. The molecule has 2 aliphatic carbocycles. The standard InChI is InChI=1S/C24H32N4O4S/c29-9-10-33(30,31)22-4-3-21(25-14-22)16-32-15-19-11-23(19)18-5-7-28(8-6-18)24-26-12-20(13-27-24)17-1-2-17/h3-4,12-14,17-19,23,29H,1-2,5-11,15-16H2/t19-,23+/m0/s1. The number of pyridine rings is 1. The van der Waals surface area contributed by atoms with E-state index in [1.807, 2.05) is 12.4 Å². The van der Waals surface area contributed by atoms with E-state index in [1.165, 1.54) is 49.9 Å². The molecule has 0 spiro atoms. The molecule has 0 unspecified atom stereocenters. The summed E-state index contributed by atoms with van der Waals surface area (Å²) in [5, 5.41) is 8.87. The summed E-state index contributed by atoms with van der Waals surface area (Å²) in [6.07, 6.45) is 11.5. The van der Waals surface area contributed by atoms with Crippen LogP contribution < -0.4 is 4.90 Å². The molecular weight excluding hydrogens is 440 g/mol. The minimum atomic E-state index is -3.46. The molecule has 9 heteroatoms. The van der Waals surface area contributed by atoms with Gasteiger partial charge in [-0.3, -0.25) is 4.98 Å². The molecule has 0 radical (unpaired) electrons. The average molecular weight is 473 g/mol. The van der Waals surface area contributed by atoms with E-state index in [1.54, 1.807) is 6.07 Å². The van der Waals surface area contributed by atoms with E-state index in [-0.39, 0.29) is 10.6 Å². The molecule has 3 heterocycles. The molecule has 1 N–H and O–H groups in total. The van der Waals surface area contributed by atoms with E-state index in [4.69, 9.17) is 9.84 Å². The summed E-state index contributed by atoms with van der Waals surface area (Å²) in [6.45, 7) is 2.76. The lowest BCUT2D eigenvalue weighted by atomic mass is 9.91. The number of aliphatic hydroxyl groups excluding tert-OH is 1. The second kappa shape index (κ2) is 9.64. The zero-order chi connectivity index (χ0) is 22.8. The van der Waals surface area contributed by atoms with E-state index < -0.39 is 16.4 Å². The fourth-order valence-electron chi connectivity index (χ4n) is 4.92. The second-order valence-corrected chi connectivity index (χ2v) is 11.7. The Hall–Kier alpha value is -2.10. The molecule has 2 saturated carbocycles. The van der Waals surface area contributed by atoms with Gasteiger partial charge >= 0.3 is 0 Å². The third-order valence-electron chi connectivity index (χ3n) is 7.21. The Morgan fingerprint density at radius 1 is 1.03 bits per heavy atom. The number of sulfone groups is 1. The van der Waals surface area contributed by atoms with Crippen LogP contribution in [0.5, 0.6) is 0 Å². The first-order valence-corrected chi connectivity index (χ1v) is 13.6. The SMILES string of the molecule is O=S(=O)(CCO)c1ccc(COC[C@@H]2C[C@@H]2C2CCN(c3ncc(C4CC4)cn3)CC2)nc1. The molecule has 0 amide bonds. The van der Waals surface area contributed by atoms with Crippen LogP contribution in [0.1, 0.15) is 49.3 Å². The van der Waals surface area contributed by atoms with Crippen molar-refractivity contribution in [1.82, 2.24) is 15.0 Å². The van der Waals surface area contributed by atoms with Crippen LogP contribution in [0.25, 0.3) is 0 Å². The Bertz CT molecular complexity index is 1030. The highest BCUT2D eigenvalue weighted by Crippen LogP contribution is 2.48. The quantitative estimate of drug-likeness (QED) is 0.563. The van der Waals surface area contributed by atoms with Crippen molar-refractivity contribution in [2.45, 2.75) is 49.5 Å². The van der Waals surface area contributed by atoms with Crippen molar-refractivity contribution < 1.29 is 18.3 Å². The Kier molecular flexibility index (Phi) is 6.62. The summed E-state index contributed by atoms with van der Waals surface area (Å²) in [5.74, 6) is 3.38. The molecular formula is C24H32N4O4S. The number of aromatic nitrogens is 3. The van der Waals surface area contributed by atoms with Crippen LogP contribution in [-0.2, 0) is 21.2 Å². The Morgan fingerprint density at radius 3 is 2.42 bits per heavy atom. The molecule has 178 valence electrons. The van der Waals surface area contributed by atoms with Gasteiger partial charge in [-0.1, -0.05) is 0 Å². The summed E-state index contributed by atoms with van der Waals surface area (Å²) in [7, 11) is -3.46. The number of rotatable bonds is 10. The van der Waals surface area contributed by atoms with Gasteiger partial charge in [-0.2, -0.15) is 0 Å². The van der Waals surface area contributed by atoms with E-state index in [0.29, 0.717) is 18.4 Å². The number of hydrogen-bond donors (Lipinski definition) is 1. The third kappa shape index (κ3) is 5.53. The van der Waals surface area contributed by atoms with Gasteiger partial charge in [-0.05, 0) is 73.5 Å². The van der Waals surface area contributed by atoms with Gasteiger partial charge in [0.25, 0.3) is 0 Å². The summed E-state index contributed by atoms with van der Waals surface area (Å²) in [6, 6.07) is 3.22. The predicted octanol–water partition coefficient (Wildman–Crippen LogP) is 2.58. The Labute approximate surface area is 195 Å². The first kappa shape index (κ1) is 22.7. The van der Waals surface area contributed by atoms with Crippen LogP contribution in [0.4, 0.5) is 5.95 Å². The van der Waals surface area contributed by atoms with Crippen molar-refractivity contribution in [3.05, 3.63) is 42.0 Å². The number of anilines is 1. The number of piperidine rings is 1. The normalized spacial score (nSPS) is 23.6. The van der Waals surface area contributed by atoms with Crippen LogP contribution in [0.3, 0.4) is 0 Å². The van der Waals surface area contributed by atoms with Crippen LogP contribution >= 0.6 is 0 Å². The molecule has 3 aliphatic rings. The number of nitrogens with zero attached hydrogens (tertiary/aromatic N) is 4. The topological polar surface area (TPSA) is 106 Å². The summed E-state index contributed by atoms with van der Waals surface area (Å²) in [5.41, 5.74) is 2.00. The highest BCUT2D eigenvalue weighted by Gasteiger charge is 2.43. The molecule has 5 rings (SSSR count). The minimum absolute atomic E-state index is 0.137. The number of ether oxygens (including phenoxy) is 1. The molecule has 1 aliphatic heterocycles. The molecule has 0 aromatic carbocycles. The molecule has 1 saturated heterocycles. The molecule has 0 bridgehead atoms. The Balaban J connectivity index is 1.02. The average Bonchev–Trinajstić information content (AvgIpc) is 3.75. The maximum Gasteiger partial charge on any atom is 0.225 e. The molecule has 2 aromatic heterocycles. The lowest BCUT2D eigenvalue weighted by Crippen LogP contribution is -2.35. The zero-order valence-electron chi connectivity index (χ0n) is 18.8. The van der Waals surface area contributed by atoms with E-state index in [0.717, 1.165) is 43.2 Å². The molecule has 8 nitrogen and oxygen atoms in total. The van der Waals surface area contributed by atoms with Crippen molar-refractivity contribution in [3.63, 3.8) is 0 Å². The van der Waals surface area contributed by atoms with Gasteiger partial charge in [0.2, 0.25) is 5.95 Å². The predicted molar refractivity (Wildman–Crippen MR) is 124 cm³/mol. The summed E-state index contributed by atoms with van der Waals surface area (Å²) in [4.78, 5) is 15.9. The van der Waals surface area contributed by atoms with Gasteiger partial charge < -0.3 is 14.7 Å². The van der Waals surface area contributed by atoms with Crippen molar-refractivity contribution in [2.24, 2.45) is 17.8 Å². The van der Waals surface area contributed by atoms with E-state index in [9.17, 15) is 8.42 Å². The van der Waals surface area contributed by atoms with Gasteiger partial charge in [0, 0.05) is 31.7 Å². The van der Waals surface area contributed by atoms with Crippen LogP contribution in [0.2, 0.25) is 0 Å². The fraction of sp³-hybridized carbons (Fsp3) is 0.625. The minimum Gasteiger partial charge on any atom is -0.395 e. The maximum atomic E-state index is 11.9. The monoisotopic (exact) mass is 472 g/mol. The van der Waals surface area contributed by atoms with Crippen molar-refractivity contribution >= 4 is 15.8 Å². The van der Waals surface area contributed by atoms with E-state index >= 15 is 0 Å². The van der Waals surface area contributed by atoms with Gasteiger partial charge in [0.1, 0.15) is 0 Å². The zero-order valence-corrected chi connectivity index (χ0v) is 19.7. The van der Waals surface area contributed by atoms with Crippen molar-refractivity contribution in [1.29, 1.82) is 0 Å². The van der Waals surface area contributed by atoms with Crippen LogP contribution in [0, 0.1) is 17.8 Å². The smallest absolute Gasteiger partial charge is 0.225 e. The number of hydrogen-bond acceptors (Lipinski definition) is 8. The van der Waals surface area contributed by atoms with Gasteiger partial charge in [0.05, 0.1) is 36.2 Å². The van der Waals surface area contributed by atoms with Crippen LogP contribution in [0.15, 0.2) is 35.6 Å². The van der Waals surface area contributed by atoms with Crippen molar-refractivity contribution in [3.8, 4) is 0 Å². The van der Waals surface area contributed by atoms with Gasteiger partial charge in [0.15, 0.2) is 9.84 Å². The molecule has 2 aromatic rings. The molecule has 33 heavy (non-hydrogen) atoms. The molecule has 2 atom stereocenters. The van der Waals surface area contributed by atoms with Crippen LogP contribution in [-0.4, -0.2) is 60.5 Å². The van der Waals surface area contributed by atoms with Gasteiger partial charge in [-0.15, -0.1) is 0 Å². The lowest BCUT2D eigenvalue weighted by molar-refractivity contribution is 0.102. The van der Waals surface area contributed by atoms with Gasteiger partial charge in [-0.25, -0.2) is 18.4 Å². The summed E-state index contributed by atoms with van der Waals surface area (Å²) < 4.78 is 29.8. The van der Waals surface area contributed by atoms with E-state index in [2.05, 4.69) is 19.9 Å². The van der Waals surface area contributed by atoms with Crippen molar-refractivity contribution in [2.75, 3.05) is 37.0 Å². The first-order valence-electron chi connectivity index (χ1n) is 12.0. The Morgan fingerprint density at radius 2 is 1.79 bits per heavy atom. The number of aliphatic hydroxyl groups is 1. The largest absolute Gasteiger partial charge is 0.395 e. The summed E-state index contributed by atoms with van der Waals surface area (Å²) >= 11 is 0. The lowest BCUT2D eigenvalue weighted by Gasteiger charge is -2.32. The fourth-order valence-corrected chi connectivity index (χ4v) is 5.89. The highest BCUT2D eigenvalue weighted by atomic mass is 32.2.